The SMILES string of the molecule is CCOC(=O)c1nn(CC(C)C)c2c1CN(Cc1cnn(C)c1C)CC2. The van der Waals surface area contributed by atoms with Gasteiger partial charge in [-0.2, -0.15) is 10.2 Å². The van der Waals surface area contributed by atoms with Crippen LogP contribution < -0.4 is 0 Å². The lowest BCUT2D eigenvalue weighted by Gasteiger charge is -2.27. The van der Waals surface area contributed by atoms with E-state index in [0.717, 1.165) is 38.2 Å². The van der Waals surface area contributed by atoms with Crippen molar-refractivity contribution in [2.24, 2.45) is 13.0 Å². The zero-order valence-corrected chi connectivity index (χ0v) is 16.4. The molecule has 7 nitrogen and oxygen atoms in total. The highest BCUT2D eigenvalue weighted by molar-refractivity contribution is 5.89. The lowest BCUT2D eigenvalue weighted by molar-refractivity contribution is 0.0515. The number of fused-ring (bicyclic) bond motifs is 1. The van der Waals surface area contributed by atoms with Crippen molar-refractivity contribution in [3.63, 3.8) is 0 Å². The maximum absolute atomic E-state index is 12.4. The van der Waals surface area contributed by atoms with E-state index in [1.807, 2.05) is 29.5 Å². The van der Waals surface area contributed by atoms with Crippen LogP contribution in [0.4, 0.5) is 0 Å². The van der Waals surface area contributed by atoms with E-state index < -0.39 is 0 Å². The van der Waals surface area contributed by atoms with Crippen LogP contribution in [-0.2, 0) is 37.8 Å². The first-order valence-electron chi connectivity index (χ1n) is 9.36. The van der Waals surface area contributed by atoms with Gasteiger partial charge in [-0.25, -0.2) is 4.79 Å². The maximum atomic E-state index is 12.4. The molecular weight excluding hydrogens is 330 g/mol. The number of rotatable bonds is 6. The molecule has 7 heteroatoms. The Labute approximate surface area is 154 Å². The van der Waals surface area contributed by atoms with Crippen molar-refractivity contribution >= 4 is 5.97 Å². The molecule has 0 saturated carbocycles. The average molecular weight is 359 g/mol. The highest BCUT2D eigenvalue weighted by Crippen LogP contribution is 2.26. The third-order valence-electron chi connectivity index (χ3n) is 4.95. The van der Waals surface area contributed by atoms with Crippen molar-refractivity contribution in [3.05, 3.63) is 34.4 Å². The van der Waals surface area contributed by atoms with Gasteiger partial charge >= 0.3 is 5.97 Å². The van der Waals surface area contributed by atoms with Gasteiger partial charge in [-0.1, -0.05) is 13.8 Å². The monoisotopic (exact) mass is 359 g/mol. The summed E-state index contributed by atoms with van der Waals surface area (Å²) >= 11 is 0. The Morgan fingerprint density at radius 1 is 1.38 bits per heavy atom. The average Bonchev–Trinajstić information content (AvgIpc) is 3.10. The van der Waals surface area contributed by atoms with E-state index in [9.17, 15) is 4.79 Å². The smallest absolute Gasteiger partial charge is 0.359 e. The Kier molecular flexibility index (Phi) is 5.46. The van der Waals surface area contributed by atoms with Crippen molar-refractivity contribution in [3.8, 4) is 0 Å². The van der Waals surface area contributed by atoms with Crippen molar-refractivity contribution in [2.45, 2.75) is 53.8 Å². The summed E-state index contributed by atoms with van der Waals surface area (Å²) in [6.45, 7) is 11.9. The van der Waals surface area contributed by atoms with E-state index in [1.165, 1.54) is 17.0 Å². The molecule has 0 N–H and O–H groups in total. The fraction of sp³-hybridized carbons (Fsp3) is 0.632. The van der Waals surface area contributed by atoms with E-state index in [0.29, 0.717) is 18.2 Å². The van der Waals surface area contributed by atoms with E-state index >= 15 is 0 Å². The normalized spacial score (nSPS) is 14.7. The fourth-order valence-electron chi connectivity index (χ4n) is 3.48. The van der Waals surface area contributed by atoms with Crippen LogP contribution in [0.2, 0.25) is 0 Å². The number of hydrogen-bond donors (Lipinski definition) is 0. The van der Waals surface area contributed by atoms with Gasteiger partial charge in [0.05, 0.1) is 12.8 Å². The number of nitrogens with zero attached hydrogens (tertiary/aromatic N) is 5. The number of ether oxygens (including phenoxy) is 1. The summed E-state index contributed by atoms with van der Waals surface area (Å²) in [6, 6.07) is 0. The Balaban J connectivity index is 1.86. The molecule has 0 atom stereocenters. The molecule has 3 heterocycles. The first-order valence-corrected chi connectivity index (χ1v) is 9.36. The second kappa shape index (κ2) is 7.61. The first kappa shape index (κ1) is 18.6. The van der Waals surface area contributed by atoms with Gasteiger partial charge in [0.2, 0.25) is 0 Å². The standard InChI is InChI=1S/C19H29N5O2/c1-6-26-19(25)18-16-12-23(11-15-9-20-22(5)14(15)4)8-7-17(16)24(21-18)10-13(2)3/h9,13H,6-8,10-12H2,1-5H3. The Hall–Kier alpha value is -2.15. The second-order valence-corrected chi connectivity index (χ2v) is 7.41. The molecule has 2 aromatic heterocycles. The molecule has 26 heavy (non-hydrogen) atoms. The molecule has 3 rings (SSSR count). The molecule has 0 saturated heterocycles. The lowest BCUT2D eigenvalue weighted by atomic mass is 10.0. The molecule has 0 radical (unpaired) electrons. The second-order valence-electron chi connectivity index (χ2n) is 7.41. The van der Waals surface area contributed by atoms with Crippen LogP contribution in [-0.4, -0.2) is 43.6 Å². The summed E-state index contributed by atoms with van der Waals surface area (Å²) in [5, 5.41) is 8.94. The molecule has 1 aliphatic heterocycles. The quantitative estimate of drug-likeness (QED) is 0.741. The van der Waals surface area contributed by atoms with E-state index in [4.69, 9.17) is 4.74 Å². The highest BCUT2D eigenvalue weighted by Gasteiger charge is 2.29. The number of carbonyl (C=O) groups is 1. The van der Waals surface area contributed by atoms with Crippen LogP contribution >= 0.6 is 0 Å². The molecule has 2 aromatic rings. The van der Waals surface area contributed by atoms with Gasteiger partial charge in [-0.15, -0.1) is 0 Å². The topological polar surface area (TPSA) is 65.2 Å². The minimum atomic E-state index is -0.314. The minimum Gasteiger partial charge on any atom is -0.461 e. The third kappa shape index (κ3) is 3.67. The van der Waals surface area contributed by atoms with Crippen LogP contribution in [0.25, 0.3) is 0 Å². The van der Waals surface area contributed by atoms with Crippen LogP contribution in [0.15, 0.2) is 6.20 Å². The maximum Gasteiger partial charge on any atom is 0.359 e. The first-order chi connectivity index (χ1) is 12.4. The molecule has 0 amide bonds. The van der Waals surface area contributed by atoms with Crippen molar-refractivity contribution in [2.75, 3.05) is 13.2 Å². The molecule has 0 unspecified atom stereocenters. The van der Waals surface area contributed by atoms with Crippen molar-refractivity contribution in [1.29, 1.82) is 0 Å². The summed E-state index contributed by atoms with van der Waals surface area (Å²) < 4.78 is 9.15. The van der Waals surface area contributed by atoms with Crippen LogP contribution in [0.1, 0.15) is 53.8 Å². The van der Waals surface area contributed by atoms with Gasteiger partial charge in [0, 0.05) is 62.2 Å². The Morgan fingerprint density at radius 2 is 2.15 bits per heavy atom. The van der Waals surface area contributed by atoms with E-state index in [1.54, 1.807) is 0 Å². The van der Waals surface area contributed by atoms with Gasteiger partial charge in [0.25, 0.3) is 0 Å². The minimum absolute atomic E-state index is 0.314. The highest BCUT2D eigenvalue weighted by atomic mass is 16.5. The lowest BCUT2D eigenvalue weighted by Crippen LogP contribution is -2.31. The van der Waals surface area contributed by atoms with Gasteiger partial charge in [0.15, 0.2) is 5.69 Å². The number of aromatic nitrogens is 4. The van der Waals surface area contributed by atoms with E-state index in [2.05, 4.69) is 35.9 Å². The van der Waals surface area contributed by atoms with Gasteiger partial charge in [0.1, 0.15) is 0 Å². The van der Waals surface area contributed by atoms with Gasteiger partial charge < -0.3 is 4.74 Å². The predicted molar refractivity (Wildman–Crippen MR) is 98.8 cm³/mol. The molecular formula is C19H29N5O2. The molecule has 1 aliphatic rings. The zero-order valence-electron chi connectivity index (χ0n) is 16.4. The summed E-state index contributed by atoms with van der Waals surface area (Å²) in [5.74, 6) is 0.163. The number of aryl methyl sites for hydroxylation is 1. The van der Waals surface area contributed by atoms with E-state index in [-0.39, 0.29) is 5.97 Å². The summed E-state index contributed by atoms with van der Waals surface area (Å²) in [4.78, 5) is 14.8. The van der Waals surface area contributed by atoms with Crippen LogP contribution in [0.3, 0.4) is 0 Å². The van der Waals surface area contributed by atoms with Crippen molar-refractivity contribution in [1.82, 2.24) is 24.5 Å². The number of carbonyl (C=O) groups excluding carboxylic acids is 1. The molecule has 0 aliphatic carbocycles. The molecule has 0 fully saturated rings. The van der Waals surface area contributed by atoms with Crippen molar-refractivity contribution < 1.29 is 9.53 Å². The van der Waals surface area contributed by atoms with Gasteiger partial charge in [-0.05, 0) is 19.8 Å². The summed E-state index contributed by atoms with van der Waals surface area (Å²) in [7, 11) is 1.96. The molecule has 0 aromatic carbocycles. The molecule has 0 spiro atoms. The summed E-state index contributed by atoms with van der Waals surface area (Å²) in [6.07, 6.45) is 2.83. The zero-order chi connectivity index (χ0) is 18.8. The predicted octanol–water partition coefficient (Wildman–Crippen LogP) is 2.32. The Morgan fingerprint density at radius 3 is 2.77 bits per heavy atom. The van der Waals surface area contributed by atoms with Crippen LogP contribution in [0, 0.1) is 12.8 Å². The largest absolute Gasteiger partial charge is 0.461 e. The summed E-state index contributed by atoms with van der Waals surface area (Å²) in [5.41, 5.74) is 5.09. The molecule has 142 valence electrons. The van der Waals surface area contributed by atoms with Gasteiger partial charge in [-0.3, -0.25) is 14.3 Å². The number of hydrogen-bond acceptors (Lipinski definition) is 5. The van der Waals surface area contributed by atoms with Crippen LogP contribution in [0.5, 0.6) is 0 Å². The third-order valence-corrected chi connectivity index (χ3v) is 4.95. The fourth-order valence-corrected chi connectivity index (χ4v) is 3.48. The molecule has 0 bridgehead atoms. The Bertz CT molecular complexity index is 790. The number of esters is 1.